The molecule has 0 saturated heterocycles. The molecule has 1 heterocycles. The molecule has 0 fully saturated rings. The Morgan fingerprint density at radius 1 is 1.21 bits per heavy atom. The number of benzene rings is 1. The predicted molar refractivity (Wildman–Crippen MR) is 84.9 cm³/mol. The molecule has 3 heteroatoms. The van der Waals surface area contributed by atoms with E-state index in [-0.39, 0.29) is 6.04 Å². The number of nitrogens with two attached hydrogens (primary N) is 1. The molecule has 2 nitrogen and oxygen atoms in total. The first-order valence-corrected chi connectivity index (χ1v) is 7.51. The third kappa shape index (κ3) is 3.10. The van der Waals surface area contributed by atoms with Crippen molar-refractivity contribution in [3.8, 4) is 5.69 Å². The molecular weight excluding hydrogens is 300 g/mol. The van der Waals surface area contributed by atoms with Gasteiger partial charge in [-0.15, -0.1) is 0 Å². The van der Waals surface area contributed by atoms with Gasteiger partial charge in [0.25, 0.3) is 0 Å². The number of rotatable bonds is 4. The first-order chi connectivity index (χ1) is 9.02. The summed E-state index contributed by atoms with van der Waals surface area (Å²) in [6, 6.07) is 10.9. The maximum atomic E-state index is 6.08. The summed E-state index contributed by atoms with van der Waals surface area (Å²) in [6.07, 6.45) is 1.97. The molecule has 2 N–H and O–H groups in total. The fourth-order valence-electron chi connectivity index (χ4n) is 2.45. The average Bonchev–Trinajstić information content (AvgIpc) is 2.66. The maximum absolute atomic E-state index is 6.08. The van der Waals surface area contributed by atoms with E-state index in [4.69, 9.17) is 5.73 Å². The molecule has 1 aromatic carbocycles. The lowest BCUT2D eigenvalue weighted by Crippen LogP contribution is -2.21. The summed E-state index contributed by atoms with van der Waals surface area (Å²) >= 11 is 3.48. The highest BCUT2D eigenvalue weighted by atomic mass is 79.9. The summed E-state index contributed by atoms with van der Waals surface area (Å²) in [5.74, 6) is 0. The number of aromatic nitrogens is 1. The Morgan fingerprint density at radius 2 is 1.84 bits per heavy atom. The van der Waals surface area contributed by atoms with Crippen molar-refractivity contribution in [1.82, 2.24) is 4.57 Å². The standard InChI is InChI=1S/C16H21BrN2/c1-4-15(18)10-13-9-11(2)19(12(13)3)16-7-5-14(17)6-8-16/h5-9,15H,4,10,18H2,1-3H3. The highest BCUT2D eigenvalue weighted by Gasteiger charge is 2.12. The van der Waals surface area contributed by atoms with Gasteiger partial charge in [-0.2, -0.15) is 0 Å². The van der Waals surface area contributed by atoms with Crippen LogP contribution in [0.3, 0.4) is 0 Å². The van der Waals surface area contributed by atoms with Gasteiger partial charge in [-0.05, 0) is 62.6 Å². The molecule has 0 bridgehead atoms. The van der Waals surface area contributed by atoms with Crippen molar-refractivity contribution >= 4 is 15.9 Å². The highest BCUT2D eigenvalue weighted by Crippen LogP contribution is 2.23. The Labute approximate surface area is 123 Å². The van der Waals surface area contributed by atoms with Crippen LogP contribution in [0, 0.1) is 13.8 Å². The molecule has 0 aliphatic heterocycles. The predicted octanol–water partition coefficient (Wildman–Crippen LogP) is 4.14. The smallest absolute Gasteiger partial charge is 0.0455 e. The van der Waals surface area contributed by atoms with Crippen LogP contribution in [0.2, 0.25) is 0 Å². The van der Waals surface area contributed by atoms with Crippen LogP contribution in [0.15, 0.2) is 34.8 Å². The minimum absolute atomic E-state index is 0.249. The van der Waals surface area contributed by atoms with Crippen molar-refractivity contribution < 1.29 is 0 Å². The molecule has 1 unspecified atom stereocenters. The second-order valence-electron chi connectivity index (χ2n) is 5.08. The SMILES string of the molecule is CCC(N)Cc1cc(C)n(-c2ccc(Br)cc2)c1C. The number of halogens is 1. The Hall–Kier alpha value is -1.06. The van der Waals surface area contributed by atoms with Crippen LogP contribution in [0.5, 0.6) is 0 Å². The van der Waals surface area contributed by atoms with E-state index in [1.807, 2.05) is 0 Å². The third-order valence-electron chi connectivity index (χ3n) is 3.63. The summed E-state index contributed by atoms with van der Waals surface area (Å²) in [6.45, 7) is 6.46. The maximum Gasteiger partial charge on any atom is 0.0455 e. The van der Waals surface area contributed by atoms with Crippen molar-refractivity contribution in [1.29, 1.82) is 0 Å². The number of aryl methyl sites for hydroxylation is 1. The molecule has 0 amide bonds. The van der Waals surface area contributed by atoms with E-state index >= 15 is 0 Å². The molecule has 19 heavy (non-hydrogen) atoms. The molecule has 2 aromatic rings. The molecule has 0 aliphatic carbocycles. The quantitative estimate of drug-likeness (QED) is 0.901. The fraction of sp³-hybridized carbons (Fsp3) is 0.375. The molecule has 1 aromatic heterocycles. The van der Waals surface area contributed by atoms with E-state index in [0.29, 0.717) is 0 Å². The number of hydrogen-bond acceptors (Lipinski definition) is 1. The lowest BCUT2D eigenvalue weighted by molar-refractivity contribution is 0.644. The Bertz CT molecular complexity index is 555. The van der Waals surface area contributed by atoms with Crippen molar-refractivity contribution in [3.63, 3.8) is 0 Å². The van der Waals surface area contributed by atoms with Gasteiger partial charge in [-0.1, -0.05) is 22.9 Å². The van der Waals surface area contributed by atoms with Crippen LogP contribution < -0.4 is 5.73 Å². The van der Waals surface area contributed by atoms with E-state index in [0.717, 1.165) is 17.3 Å². The Balaban J connectivity index is 2.39. The van der Waals surface area contributed by atoms with Crippen molar-refractivity contribution in [2.24, 2.45) is 5.73 Å². The van der Waals surface area contributed by atoms with E-state index < -0.39 is 0 Å². The normalized spacial score (nSPS) is 12.7. The molecule has 0 aliphatic rings. The summed E-state index contributed by atoms with van der Waals surface area (Å²) in [4.78, 5) is 0. The largest absolute Gasteiger partial charge is 0.327 e. The van der Waals surface area contributed by atoms with Gasteiger partial charge in [-0.3, -0.25) is 0 Å². The molecule has 0 saturated carbocycles. The van der Waals surface area contributed by atoms with Gasteiger partial charge in [0.2, 0.25) is 0 Å². The summed E-state index contributed by atoms with van der Waals surface area (Å²) in [5, 5.41) is 0. The van der Waals surface area contributed by atoms with Crippen LogP contribution in [0.4, 0.5) is 0 Å². The van der Waals surface area contributed by atoms with Gasteiger partial charge in [0.1, 0.15) is 0 Å². The molecule has 2 rings (SSSR count). The van der Waals surface area contributed by atoms with Crippen molar-refractivity contribution in [3.05, 3.63) is 51.8 Å². The molecule has 102 valence electrons. The van der Waals surface area contributed by atoms with E-state index in [9.17, 15) is 0 Å². The lowest BCUT2D eigenvalue weighted by atomic mass is 10.1. The lowest BCUT2D eigenvalue weighted by Gasteiger charge is -2.11. The fourth-order valence-corrected chi connectivity index (χ4v) is 2.71. The van der Waals surface area contributed by atoms with Gasteiger partial charge >= 0.3 is 0 Å². The minimum Gasteiger partial charge on any atom is -0.327 e. The van der Waals surface area contributed by atoms with Crippen molar-refractivity contribution in [2.45, 2.75) is 39.7 Å². The number of nitrogens with zero attached hydrogens (tertiary/aromatic N) is 1. The second-order valence-corrected chi connectivity index (χ2v) is 6.00. The Kier molecular flexibility index (Phi) is 4.48. The summed E-state index contributed by atoms with van der Waals surface area (Å²) in [5.41, 5.74) is 11.2. The first-order valence-electron chi connectivity index (χ1n) is 6.72. The van der Waals surface area contributed by atoms with Gasteiger partial charge in [0.05, 0.1) is 0 Å². The van der Waals surface area contributed by atoms with Crippen LogP contribution in [0.1, 0.15) is 30.3 Å². The monoisotopic (exact) mass is 320 g/mol. The number of hydrogen-bond donors (Lipinski definition) is 1. The molecule has 0 radical (unpaired) electrons. The van der Waals surface area contributed by atoms with Crippen LogP contribution >= 0.6 is 15.9 Å². The van der Waals surface area contributed by atoms with E-state index in [2.05, 4.69) is 71.6 Å². The zero-order chi connectivity index (χ0) is 14.0. The average molecular weight is 321 g/mol. The zero-order valence-electron chi connectivity index (χ0n) is 11.8. The molecule has 1 atom stereocenters. The highest BCUT2D eigenvalue weighted by molar-refractivity contribution is 9.10. The van der Waals surface area contributed by atoms with Crippen LogP contribution in [0.25, 0.3) is 5.69 Å². The molecular formula is C16H21BrN2. The van der Waals surface area contributed by atoms with Crippen molar-refractivity contribution in [2.75, 3.05) is 0 Å². The summed E-state index contributed by atoms with van der Waals surface area (Å²) in [7, 11) is 0. The zero-order valence-corrected chi connectivity index (χ0v) is 13.4. The topological polar surface area (TPSA) is 30.9 Å². The van der Waals surface area contributed by atoms with E-state index in [1.54, 1.807) is 0 Å². The van der Waals surface area contributed by atoms with Gasteiger partial charge in [0, 0.05) is 27.6 Å². The third-order valence-corrected chi connectivity index (χ3v) is 4.16. The molecule has 0 spiro atoms. The van der Waals surface area contributed by atoms with Crippen LogP contribution in [-0.2, 0) is 6.42 Å². The Morgan fingerprint density at radius 3 is 2.42 bits per heavy atom. The van der Waals surface area contributed by atoms with Gasteiger partial charge in [-0.25, -0.2) is 0 Å². The van der Waals surface area contributed by atoms with Crippen LogP contribution in [-0.4, -0.2) is 10.6 Å². The van der Waals surface area contributed by atoms with Gasteiger partial charge < -0.3 is 10.3 Å². The second kappa shape index (κ2) is 5.93. The summed E-state index contributed by atoms with van der Waals surface area (Å²) < 4.78 is 3.40. The first kappa shape index (κ1) is 14.4. The van der Waals surface area contributed by atoms with E-state index in [1.165, 1.54) is 22.6 Å². The minimum atomic E-state index is 0.249. The van der Waals surface area contributed by atoms with Gasteiger partial charge in [0.15, 0.2) is 0 Å².